The second-order valence-corrected chi connectivity index (χ2v) is 8.10. The van der Waals surface area contributed by atoms with Gasteiger partial charge in [0.2, 0.25) is 0 Å². The third kappa shape index (κ3) is 2.93. The minimum atomic E-state index is -0.642. The molecule has 2 aromatic carbocycles. The number of ketones is 1. The summed E-state index contributed by atoms with van der Waals surface area (Å²) >= 11 is 3.39. The number of hydrogen-bond donors (Lipinski definition) is 0. The fourth-order valence-electron chi connectivity index (χ4n) is 4.05. The number of imide groups is 1. The number of nitro groups is 1. The molecule has 7 nitrogen and oxygen atoms in total. The van der Waals surface area contributed by atoms with Gasteiger partial charge in [-0.1, -0.05) is 28.1 Å². The zero-order chi connectivity index (χ0) is 20.1. The molecular weight excluding hydrogens is 428 g/mol. The number of fused-ring (bicyclic) bond motifs is 1. The first-order valence-electron chi connectivity index (χ1n) is 8.73. The van der Waals surface area contributed by atoms with Crippen LogP contribution in [-0.2, 0) is 10.2 Å². The van der Waals surface area contributed by atoms with E-state index in [-0.39, 0.29) is 35.6 Å². The van der Waals surface area contributed by atoms with Gasteiger partial charge in [0.1, 0.15) is 5.78 Å². The van der Waals surface area contributed by atoms with Crippen LogP contribution in [0.5, 0.6) is 0 Å². The number of non-ortho nitro benzene ring substituents is 1. The van der Waals surface area contributed by atoms with Crippen molar-refractivity contribution >= 4 is 39.2 Å². The Morgan fingerprint density at radius 3 is 2.32 bits per heavy atom. The molecule has 1 unspecified atom stereocenters. The normalized spacial score (nSPS) is 21.3. The Labute approximate surface area is 168 Å². The predicted octanol–water partition coefficient (Wildman–Crippen LogP) is 3.64. The summed E-state index contributed by atoms with van der Waals surface area (Å²) in [5.41, 5.74) is 0.210. The van der Waals surface area contributed by atoms with Crippen molar-refractivity contribution in [2.45, 2.75) is 24.7 Å². The van der Waals surface area contributed by atoms with Crippen molar-refractivity contribution in [3.63, 3.8) is 0 Å². The lowest BCUT2D eigenvalue weighted by atomic mass is 9.78. The smallest absolute Gasteiger partial charge is 0.270 e. The van der Waals surface area contributed by atoms with Gasteiger partial charge in [-0.05, 0) is 30.2 Å². The molecule has 8 heteroatoms. The summed E-state index contributed by atoms with van der Waals surface area (Å²) in [5, 5.41) is 11.0. The summed E-state index contributed by atoms with van der Waals surface area (Å²) in [7, 11) is 0. The highest BCUT2D eigenvalue weighted by Crippen LogP contribution is 2.42. The number of rotatable bonds is 4. The van der Waals surface area contributed by atoms with Gasteiger partial charge in [0, 0.05) is 41.4 Å². The molecule has 1 fully saturated rings. The van der Waals surface area contributed by atoms with Crippen molar-refractivity contribution in [3.05, 3.63) is 73.7 Å². The van der Waals surface area contributed by atoms with E-state index in [1.54, 1.807) is 0 Å². The summed E-state index contributed by atoms with van der Waals surface area (Å²) in [6.07, 6.45) is 1.19. The molecule has 28 heavy (non-hydrogen) atoms. The number of nitrogens with zero attached hydrogens (tertiary/aromatic N) is 2. The van der Waals surface area contributed by atoms with Gasteiger partial charge in [-0.15, -0.1) is 0 Å². The van der Waals surface area contributed by atoms with Gasteiger partial charge in [0.25, 0.3) is 17.5 Å². The number of carbonyl (C=O) groups excluding carboxylic acids is 3. The summed E-state index contributed by atoms with van der Waals surface area (Å²) in [5.74, 6) is -0.944. The van der Waals surface area contributed by atoms with Gasteiger partial charge in [-0.25, -0.2) is 0 Å². The molecule has 1 heterocycles. The van der Waals surface area contributed by atoms with E-state index >= 15 is 0 Å². The molecule has 2 aromatic rings. The lowest BCUT2D eigenvalue weighted by Crippen LogP contribution is -2.42. The second kappa shape index (κ2) is 6.63. The van der Waals surface area contributed by atoms with E-state index in [0.717, 1.165) is 21.0 Å². The summed E-state index contributed by atoms with van der Waals surface area (Å²) in [6.45, 7) is 0.0700. The number of Topliss-reactive ketones (excluding diaryl/α,β-unsaturated/α-hetero) is 1. The molecule has 2 aliphatic rings. The van der Waals surface area contributed by atoms with E-state index in [1.807, 2.05) is 24.3 Å². The van der Waals surface area contributed by atoms with E-state index < -0.39 is 22.2 Å². The lowest BCUT2D eigenvalue weighted by Gasteiger charge is -2.32. The largest absolute Gasteiger partial charge is 0.300 e. The van der Waals surface area contributed by atoms with Crippen LogP contribution in [0, 0.1) is 10.1 Å². The standard InChI is InChI=1S/C20H15BrN2O5/c21-13-3-1-12(2-4-13)20(8-7-15(24)10-20)11-22-18(25)16-6-5-14(23(27)28)9-17(16)19(22)26/h1-6,9H,7-8,10-11H2. The van der Waals surface area contributed by atoms with Crippen molar-refractivity contribution < 1.29 is 19.3 Å². The van der Waals surface area contributed by atoms with E-state index in [2.05, 4.69) is 15.9 Å². The molecule has 0 bridgehead atoms. The maximum Gasteiger partial charge on any atom is 0.270 e. The Balaban J connectivity index is 1.71. The number of benzene rings is 2. The highest BCUT2D eigenvalue weighted by Gasteiger charge is 2.46. The van der Waals surface area contributed by atoms with Crippen LogP contribution in [0.4, 0.5) is 5.69 Å². The molecular formula is C20H15BrN2O5. The van der Waals surface area contributed by atoms with Crippen molar-refractivity contribution in [3.8, 4) is 0 Å². The number of nitro benzene ring substituents is 1. The molecule has 1 aliphatic heterocycles. The van der Waals surface area contributed by atoms with Crippen molar-refractivity contribution in [2.24, 2.45) is 0 Å². The van der Waals surface area contributed by atoms with Crippen LogP contribution in [0.1, 0.15) is 45.5 Å². The average molecular weight is 443 g/mol. The first-order chi connectivity index (χ1) is 13.3. The first-order valence-corrected chi connectivity index (χ1v) is 9.52. The Hall–Kier alpha value is -2.87. The van der Waals surface area contributed by atoms with Crippen molar-refractivity contribution in [2.75, 3.05) is 6.54 Å². The fraction of sp³-hybridized carbons (Fsp3) is 0.250. The second-order valence-electron chi connectivity index (χ2n) is 7.19. The van der Waals surface area contributed by atoms with E-state index in [1.165, 1.54) is 12.1 Å². The Morgan fingerprint density at radius 1 is 1.04 bits per heavy atom. The molecule has 0 aromatic heterocycles. The Bertz CT molecular complexity index is 1030. The van der Waals surface area contributed by atoms with Gasteiger partial charge in [0.15, 0.2) is 0 Å². The fourth-order valence-corrected chi connectivity index (χ4v) is 4.31. The number of halogens is 1. The van der Waals surface area contributed by atoms with Crippen LogP contribution in [-0.4, -0.2) is 34.0 Å². The van der Waals surface area contributed by atoms with Crippen LogP contribution < -0.4 is 0 Å². The molecule has 0 radical (unpaired) electrons. The molecule has 4 rings (SSSR count). The van der Waals surface area contributed by atoms with Gasteiger partial charge < -0.3 is 0 Å². The van der Waals surface area contributed by atoms with E-state index in [0.29, 0.717) is 12.8 Å². The van der Waals surface area contributed by atoms with Crippen LogP contribution in [0.3, 0.4) is 0 Å². The molecule has 2 amide bonds. The topological polar surface area (TPSA) is 97.6 Å². The Morgan fingerprint density at radius 2 is 1.71 bits per heavy atom. The zero-order valence-corrected chi connectivity index (χ0v) is 16.3. The van der Waals surface area contributed by atoms with Crippen LogP contribution >= 0.6 is 15.9 Å². The highest BCUT2D eigenvalue weighted by molar-refractivity contribution is 9.10. The molecule has 0 spiro atoms. The highest BCUT2D eigenvalue weighted by atomic mass is 79.9. The Kier molecular flexibility index (Phi) is 4.38. The van der Waals surface area contributed by atoms with Gasteiger partial charge in [0.05, 0.1) is 16.1 Å². The minimum absolute atomic E-state index is 0.0366. The minimum Gasteiger partial charge on any atom is -0.300 e. The van der Waals surface area contributed by atoms with Crippen molar-refractivity contribution in [1.29, 1.82) is 0 Å². The molecule has 0 N–H and O–H groups in total. The van der Waals surface area contributed by atoms with E-state index in [9.17, 15) is 24.5 Å². The average Bonchev–Trinajstić information content (AvgIpc) is 3.16. The van der Waals surface area contributed by atoms with Crippen LogP contribution in [0.15, 0.2) is 46.9 Å². The maximum absolute atomic E-state index is 12.9. The third-order valence-electron chi connectivity index (χ3n) is 5.50. The monoisotopic (exact) mass is 442 g/mol. The number of amides is 2. The summed E-state index contributed by atoms with van der Waals surface area (Å²) in [6, 6.07) is 11.2. The van der Waals surface area contributed by atoms with Crippen LogP contribution in [0.25, 0.3) is 0 Å². The third-order valence-corrected chi connectivity index (χ3v) is 6.03. The summed E-state index contributed by atoms with van der Waals surface area (Å²) in [4.78, 5) is 49.3. The SMILES string of the molecule is O=C1CCC(CN2C(=O)c3ccc([N+](=O)[O-])cc3C2=O)(c2ccc(Br)cc2)C1. The quantitative estimate of drug-likeness (QED) is 0.408. The van der Waals surface area contributed by atoms with Gasteiger partial charge >= 0.3 is 0 Å². The number of carbonyl (C=O) groups is 3. The van der Waals surface area contributed by atoms with Gasteiger partial charge in [-0.2, -0.15) is 0 Å². The maximum atomic E-state index is 12.9. The van der Waals surface area contributed by atoms with Crippen LogP contribution in [0.2, 0.25) is 0 Å². The molecule has 142 valence electrons. The zero-order valence-electron chi connectivity index (χ0n) is 14.7. The lowest BCUT2D eigenvalue weighted by molar-refractivity contribution is -0.384. The van der Waals surface area contributed by atoms with Crippen molar-refractivity contribution in [1.82, 2.24) is 4.90 Å². The predicted molar refractivity (Wildman–Crippen MR) is 103 cm³/mol. The van der Waals surface area contributed by atoms with E-state index in [4.69, 9.17) is 0 Å². The molecule has 1 aliphatic carbocycles. The molecule has 1 saturated carbocycles. The molecule has 1 atom stereocenters. The first kappa shape index (κ1) is 18.5. The van der Waals surface area contributed by atoms with Gasteiger partial charge in [-0.3, -0.25) is 29.4 Å². The number of hydrogen-bond acceptors (Lipinski definition) is 5. The molecule has 0 saturated heterocycles. The summed E-state index contributed by atoms with van der Waals surface area (Å²) < 4.78 is 0.892.